The SMILES string of the molecule is Oc1c(Br)cc(Br)c2ccc(CNc3cc(Br)ccc3Br)nc12. The van der Waals surface area contributed by atoms with Crippen molar-refractivity contribution in [3.8, 4) is 5.75 Å². The summed E-state index contributed by atoms with van der Waals surface area (Å²) in [5.74, 6) is 0.147. The average Bonchev–Trinajstić information content (AvgIpc) is 2.53. The van der Waals surface area contributed by atoms with Crippen molar-refractivity contribution in [3.63, 3.8) is 0 Å². The standard InChI is InChI=1S/C16H10Br4N2O/c17-8-1-4-11(18)14(5-8)21-7-9-2-3-10-12(19)6-13(20)16(23)15(10)22-9/h1-6,21,23H,7H2. The van der Waals surface area contributed by atoms with Crippen molar-refractivity contribution >= 4 is 80.3 Å². The summed E-state index contributed by atoms with van der Waals surface area (Å²) in [5, 5.41) is 14.4. The van der Waals surface area contributed by atoms with E-state index < -0.39 is 0 Å². The first-order valence-electron chi connectivity index (χ1n) is 6.61. The maximum atomic E-state index is 10.2. The van der Waals surface area contributed by atoms with Crippen molar-refractivity contribution in [3.05, 3.63) is 60.0 Å². The molecule has 0 aliphatic heterocycles. The number of pyridine rings is 1. The summed E-state index contributed by atoms with van der Waals surface area (Å²) in [5.41, 5.74) is 2.38. The van der Waals surface area contributed by atoms with E-state index >= 15 is 0 Å². The van der Waals surface area contributed by atoms with Crippen molar-refractivity contribution in [2.24, 2.45) is 0 Å². The molecule has 0 fully saturated rings. The number of nitrogens with one attached hydrogen (secondary N) is 1. The van der Waals surface area contributed by atoms with Crippen LogP contribution in [0.25, 0.3) is 10.9 Å². The molecule has 0 saturated carbocycles. The molecule has 0 atom stereocenters. The van der Waals surface area contributed by atoms with E-state index in [1.54, 1.807) is 0 Å². The number of phenolic OH excluding ortho intramolecular Hbond substituents is 1. The van der Waals surface area contributed by atoms with Crippen LogP contribution in [0.5, 0.6) is 5.75 Å². The highest BCUT2D eigenvalue weighted by Crippen LogP contribution is 2.36. The van der Waals surface area contributed by atoms with Crippen LogP contribution in [0.4, 0.5) is 5.69 Å². The Morgan fingerprint density at radius 3 is 2.48 bits per heavy atom. The van der Waals surface area contributed by atoms with Crippen LogP contribution < -0.4 is 5.32 Å². The van der Waals surface area contributed by atoms with E-state index in [4.69, 9.17) is 0 Å². The number of nitrogens with zero attached hydrogens (tertiary/aromatic N) is 1. The summed E-state index contributed by atoms with van der Waals surface area (Å²) in [6.45, 7) is 0.550. The van der Waals surface area contributed by atoms with Gasteiger partial charge in [0.15, 0.2) is 5.75 Å². The second-order valence-corrected chi connectivity index (χ2v) is 8.34. The van der Waals surface area contributed by atoms with E-state index in [0.717, 1.165) is 30.2 Å². The lowest BCUT2D eigenvalue weighted by Crippen LogP contribution is -2.02. The molecule has 2 aromatic carbocycles. The molecule has 23 heavy (non-hydrogen) atoms. The lowest BCUT2D eigenvalue weighted by atomic mass is 10.2. The van der Waals surface area contributed by atoms with Gasteiger partial charge in [0.2, 0.25) is 0 Å². The molecule has 118 valence electrons. The smallest absolute Gasteiger partial charge is 0.156 e. The minimum Gasteiger partial charge on any atom is -0.505 e. The molecule has 0 bridgehead atoms. The maximum Gasteiger partial charge on any atom is 0.156 e. The van der Waals surface area contributed by atoms with E-state index in [9.17, 15) is 5.11 Å². The van der Waals surface area contributed by atoms with Gasteiger partial charge in [0, 0.05) is 24.5 Å². The maximum absolute atomic E-state index is 10.2. The predicted molar refractivity (Wildman–Crippen MR) is 108 cm³/mol. The van der Waals surface area contributed by atoms with E-state index in [2.05, 4.69) is 74.0 Å². The van der Waals surface area contributed by atoms with Gasteiger partial charge in [-0.15, -0.1) is 0 Å². The number of aromatic nitrogens is 1. The second-order valence-electron chi connectivity index (χ2n) is 4.87. The minimum absolute atomic E-state index is 0.147. The first-order valence-corrected chi connectivity index (χ1v) is 9.78. The number of aromatic hydroxyl groups is 1. The molecule has 0 aliphatic rings. The molecule has 0 amide bonds. The molecule has 1 aromatic heterocycles. The van der Waals surface area contributed by atoms with E-state index in [1.807, 2.05) is 36.4 Å². The third kappa shape index (κ3) is 3.73. The highest BCUT2D eigenvalue weighted by molar-refractivity contribution is 9.11. The summed E-state index contributed by atoms with van der Waals surface area (Å²) in [6, 6.07) is 11.6. The molecule has 0 radical (unpaired) electrons. The lowest BCUT2D eigenvalue weighted by molar-refractivity contribution is 0.477. The van der Waals surface area contributed by atoms with Crippen molar-refractivity contribution in [2.45, 2.75) is 6.54 Å². The van der Waals surface area contributed by atoms with Gasteiger partial charge in [0.25, 0.3) is 0 Å². The van der Waals surface area contributed by atoms with Crippen molar-refractivity contribution < 1.29 is 5.11 Å². The Kier molecular flexibility index (Phi) is 5.30. The summed E-state index contributed by atoms with van der Waals surface area (Å²) in [6.07, 6.45) is 0. The van der Waals surface area contributed by atoms with Crippen LogP contribution in [-0.2, 0) is 6.54 Å². The van der Waals surface area contributed by atoms with Crippen molar-refractivity contribution in [1.82, 2.24) is 4.98 Å². The Morgan fingerprint density at radius 1 is 0.913 bits per heavy atom. The molecule has 1 heterocycles. The molecule has 0 aliphatic carbocycles. The van der Waals surface area contributed by atoms with Crippen LogP contribution in [0.2, 0.25) is 0 Å². The van der Waals surface area contributed by atoms with Crippen molar-refractivity contribution in [1.29, 1.82) is 0 Å². The Morgan fingerprint density at radius 2 is 1.70 bits per heavy atom. The van der Waals surface area contributed by atoms with E-state index in [1.165, 1.54) is 0 Å². The highest BCUT2D eigenvalue weighted by Gasteiger charge is 2.11. The van der Waals surface area contributed by atoms with Gasteiger partial charge in [-0.1, -0.05) is 31.9 Å². The summed E-state index contributed by atoms with van der Waals surface area (Å²) in [4.78, 5) is 4.56. The van der Waals surface area contributed by atoms with Gasteiger partial charge in [0.1, 0.15) is 5.52 Å². The summed E-state index contributed by atoms with van der Waals surface area (Å²) in [7, 11) is 0. The Labute approximate surface area is 167 Å². The number of benzene rings is 2. The number of fused-ring (bicyclic) bond motifs is 1. The highest BCUT2D eigenvalue weighted by atomic mass is 79.9. The quantitative estimate of drug-likeness (QED) is 0.376. The molecular formula is C16H10Br4N2O. The third-order valence-electron chi connectivity index (χ3n) is 3.30. The molecule has 2 N–H and O–H groups in total. The first kappa shape index (κ1) is 17.2. The number of halogens is 4. The van der Waals surface area contributed by atoms with Gasteiger partial charge in [-0.25, -0.2) is 4.98 Å². The minimum atomic E-state index is 0.147. The zero-order chi connectivity index (χ0) is 16.6. The number of hydrogen-bond donors (Lipinski definition) is 2. The summed E-state index contributed by atoms with van der Waals surface area (Å²) >= 11 is 13.8. The predicted octanol–water partition coefficient (Wildman–Crippen LogP) is 6.60. The van der Waals surface area contributed by atoms with Gasteiger partial charge in [0.05, 0.1) is 16.7 Å². The normalized spacial score (nSPS) is 11.0. The number of anilines is 1. The van der Waals surface area contributed by atoms with Crippen LogP contribution in [0.3, 0.4) is 0 Å². The molecule has 3 nitrogen and oxygen atoms in total. The van der Waals surface area contributed by atoms with Crippen LogP contribution in [0.15, 0.2) is 54.3 Å². The zero-order valence-electron chi connectivity index (χ0n) is 11.6. The monoisotopic (exact) mass is 562 g/mol. The molecule has 0 unspecified atom stereocenters. The largest absolute Gasteiger partial charge is 0.505 e. The van der Waals surface area contributed by atoms with Crippen molar-refractivity contribution in [2.75, 3.05) is 5.32 Å². The molecular weight excluding hydrogens is 556 g/mol. The third-order valence-corrected chi connectivity index (χ3v) is 5.75. The number of hydrogen-bond acceptors (Lipinski definition) is 3. The second kappa shape index (κ2) is 7.09. The Bertz CT molecular complexity index is 899. The van der Waals surface area contributed by atoms with Crippen LogP contribution in [0, 0.1) is 0 Å². The molecule has 7 heteroatoms. The first-order chi connectivity index (χ1) is 11.0. The van der Waals surface area contributed by atoms with Crippen LogP contribution in [-0.4, -0.2) is 10.1 Å². The summed E-state index contributed by atoms with van der Waals surface area (Å²) < 4.78 is 3.48. The molecule has 3 rings (SSSR count). The fourth-order valence-electron chi connectivity index (χ4n) is 2.16. The van der Waals surface area contributed by atoms with Gasteiger partial charge >= 0.3 is 0 Å². The van der Waals surface area contributed by atoms with Crippen LogP contribution in [0.1, 0.15) is 5.69 Å². The number of rotatable bonds is 3. The fraction of sp³-hybridized carbons (Fsp3) is 0.0625. The van der Waals surface area contributed by atoms with E-state index in [0.29, 0.717) is 16.5 Å². The molecule has 0 spiro atoms. The van der Waals surface area contributed by atoms with Gasteiger partial charge < -0.3 is 10.4 Å². The van der Waals surface area contributed by atoms with Gasteiger partial charge in [-0.2, -0.15) is 0 Å². The number of phenols is 1. The topological polar surface area (TPSA) is 45.1 Å². The van der Waals surface area contributed by atoms with E-state index in [-0.39, 0.29) is 5.75 Å². The Balaban J connectivity index is 1.92. The molecule has 0 saturated heterocycles. The lowest BCUT2D eigenvalue weighted by Gasteiger charge is -2.11. The van der Waals surface area contributed by atoms with Crippen LogP contribution >= 0.6 is 63.7 Å². The van der Waals surface area contributed by atoms with Gasteiger partial charge in [-0.3, -0.25) is 0 Å². The fourth-order valence-corrected chi connectivity index (χ4v) is 4.18. The average molecular weight is 566 g/mol. The zero-order valence-corrected chi connectivity index (χ0v) is 17.9. The molecule has 3 aromatic rings. The Hall–Kier alpha value is -0.630. The van der Waals surface area contributed by atoms with Gasteiger partial charge in [-0.05, 0) is 68.3 Å².